The van der Waals surface area contributed by atoms with E-state index in [9.17, 15) is 4.79 Å². The first-order valence-electron chi connectivity index (χ1n) is 5.63. The number of benzene rings is 1. The van der Waals surface area contributed by atoms with Crippen LogP contribution >= 0.6 is 11.6 Å². The van der Waals surface area contributed by atoms with Crippen molar-refractivity contribution in [1.29, 1.82) is 0 Å². The summed E-state index contributed by atoms with van der Waals surface area (Å²) in [5.74, 6) is 1.19. The highest BCUT2D eigenvalue weighted by Gasteiger charge is 2.12. The molecule has 0 aliphatic carbocycles. The first-order chi connectivity index (χ1) is 8.70. The predicted octanol–water partition coefficient (Wildman–Crippen LogP) is 3.29. The molecule has 0 aliphatic heterocycles. The molecule has 3 nitrogen and oxygen atoms in total. The molecule has 18 heavy (non-hydrogen) atoms. The van der Waals surface area contributed by atoms with E-state index in [0.717, 1.165) is 11.3 Å². The van der Waals surface area contributed by atoms with Crippen LogP contribution in [-0.2, 0) is 12.4 Å². The van der Waals surface area contributed by atoms with Crippen LogP contribution in [0, 0.1) is 0 Å². The van der Waals surface area contributed by atoms with Crippen molar-refractivity contribution in [2.45, 2.75) is 12.4 Å². The predicted molar refractivity (Wildman–Crippen MR) is 70.5 cm³/mol. The summed E-state index contributed by atoms with van der Waals surface area (Å²) < 4.78 is 5.22. The van der Waals surface area contributed by atoms with Gasteiger partial charge in [0.1, 0.15) is 5.76 Å². The fourth-order valence-corrected chi connectivity index (χ4v) is 1.84. The van der Waals surface area contributed by atoms with Gasteiger partial charge in [-0.3, -0.25) is 4.79 Å². The van der Waals surface area contributed by atoms with Gasteiger partial charge in [0.05, 0.1) is 12.8 Å². The second-order valence-corrected chi connectivity index (χ2v) is 4.34. The summed E-state index contributed by atoms with van der Waals surface area (Å²) in [5, 5.41) is 0. The van der Waals surface area contributed by atoms with Crippen LogP contribution in [0.1, 0.15) is 21.7 Å². The maximum atomic E-state index is 12.1. The molecule has 0 aliphatic rings. The van der Waals surface area contributed by atoms with E-state index in [4.69, 9.17) is 16.0 Å². The molecule has 0 radical (unpaired) electrons. The number of furan rings is 1. The van der Waals surface area contributed by atoms with Gasteiger partial charge >= 0.3 is 0 Å². The molecule has 0 atom stereocenters. The SMILES string of the molecule is CN(Cc1ccco1)C(=O)c1ccc(CCl)cc1. The van der Waals surface area contributed by atoms with Crippen LogP contribution in [0.5, 0.6) is 0 Å². The van der Waals surface area contributed by atoms with Gasteiger partial charge in [0, 0.05) is 18.5 Å². The molecule has 1 aromatic heterocycles. The van der Waals surface area contributed by atoms with Crippen molar-refractivity contribution in [1.82, 2.24) is 4.90 Å². The molecule has 1 aromatic carbocycles. The first kappa shape index (κ1) is 12.7. The number of nitrogens with zero attached hydrogens (tertiary/aromatic N) is 1. The Morgan fingerprint density at radius 1 is 1.28 bits per heavy atom. The Morgan fingerprint density at radius 2 is 2.00 bits per heavy atom. The summed E-state index contributed by atoms with van der Waals surface area (Å²) in [5.41, 5.74) is 1.65. The van der Waals surface area contributed by atoms with Crippen LogP contribution in [0.3, 0.4) is 0 Å². The zero-order valence-electron chi connectivity index (χ0n) is 10.1. The second-order valence-electron chi connectivity index (χ2n) is 4.07. The van der Waals surface area contributed by atoms with Crippen molar-refractivity contribution in [3.8, 4) is 0 Å². The highest BCUT2D eigenvalue weighted by atomic mass is 35.5. The number of hydrogen-bond donors (Lipinski definition) is 0. The van der Waals surface area contributed by atoms with Crippen molar-refractivity contribution < 1.29 is 9.21 Å². The van der Waals surface area contributed by atoms with Crippen LogP contribution in [0.4, 0.5) is 0 Å². The molecule has 2 aromatic rings. The van der Waals surface area contributed by atoms with Crippen LogP contribution in [0.15, 0.2) is 47.1 Å². The maximum absolute atomic E-state index is 12.1. The maximum Gasteiger partial charge on any atom is 0.254 e. The highest BCUT2D eigenvalue weighted by Crippen LogP contribution is 2.11. The van der Waals surface area contributed by atoms with Crippen molar-refractivity contribution in [3.63, 3.8) is 0 Å². The number of hydrogen-bond acceptors (Lipinski definition) is 2. The van der Waals surface area contributed by atoms with Gasteiger partial charge in [-0.1, -0.05) is 12.1 Å². The third-order valence-electron chi connectivity index (χ3n) is 2.67. The largest absolute Gasteiger partial charge is 0.467 e. The third-order valence-corrected chi connectivity index (χ3v) is 2.98. The van der Waals surface area contributed by atoms with Gasteiger partial charge in [0.15, 0.2) is 0 Å². The molecule has 0 bridgehead atoms. The van der Waals surface area contributed by atoms with E-state index >= 15 is 0 Å². The lowest BCUT2D eigenvalue weighted by Crippen LogP contribution is -2.25. The molecule has 0 N–H and O–H groups in total. The minimum Gasteiger partial charge on any atom is -0.467 e. The van der Waals surface area contributed by atoms with Crippen molar-refractivity contribution >= 4 is 17.5 Å². The van der Waals surface area contributed by atoms with Gasteiger partial charge in [-0.05, 0) is 29.8 Å². The Morgan fingerprint density at radius 3 is 2.56 bits per heavy atom. The van der Waals surface area contributed by atoms with Gasteiger partial charge in [0.2, 0.25) is 0 Å². The molecule has 0 fully saturated rings. The molecule has 0 spiro atoms. The number of halogens is 1. The fraction of sp³-hybridized carbons (Fsp3) is 0.214. The summed E-state index contributed by atoms with van der Waals surface area (Å²) in [6, 6.07) is 11.0. The van der Waals surface area contributed by atoms with E-state index in [-0.39, 0.29) is 5.91 Å². The summed E-state index contributed by atoms with van der Waals surface area (Å²) >= 11 is 5.71. The second kappa shape index (κ2) is 5.74. The number of carbonyl (C=O) groups excluding carboxylic acids is 1. The zero-order chi connectivity index (χ0) is 13.0. The summed E-state index contributed by atoms with van der Waals surface area (Å²) in [6.07, 6.45) is 1.60. The van der Waals surface area contributed by atoms with Crippen molar-refractivity contribution in [3.05, 3.63) is 59.5 Å². The number of alkyl halides is 1. The summed E-state index contributed by atoms with van der Waals surface area (Å²) in [6.45, 7) is 0.461. The number of amides is 1. The minimum atomic E-state index is -0.0347. The summed E-state index contributed by atoms with van der Waals surface area (Å²) in [7, 11) is 1.75. The smallest absolute Gasteiger partial charge is 0.254 e. The van der Waals surface area contributed by atoms with E-state index in [0.29, 0.717) is 18.0 Å². The minimum absolute atomic E-state index is 0.0347. The molecule has 1 heterocycles. The van der Waals surface area contributed by atoms with Crippen molar-refractivity contribution in [2.24, 2.45) is 0 Å². The van der Waals surface area contributed by atoms with Crippen molar-refractivity contribution in [2.75, 3.05) is 7.05 Å². The Bertz CT molecular complexity index is 505. The van der Waals surface area contributed by atoms with Crippen LogP contribution in [0.25, 0.3) is 0 Å². The standard InChI is InChI=1S/C14H14ClNO2/c1-16(10-13-3-2-8-18-13)14(17)12-6-4-11(9-15)5-7-12/h2-8H,9-10H2,1H3. The molecule has 0 unspecified atom stereocenters. The molecular weight excluding hydrogens is 250 g/mol. The average molecular weight is 264 g/mol. The molecular formula is C14H14ClNO2. The Balaban J connectivity index is 2.05. The zero-order valence-corrected chi connectivity index (χ0v) is 10.9. The molecule has 0 saturated heterocycles. The molecule has 94 valence electrons. The Hall–Kier alpha value is -1.74. The lowest BCUT2D eigenvalue weighted by atomic mass is 10.1. The lowest BCUT2D eigenvalue weighted by molar-refractivity contribution is 0.0775. The molecule has 1 amide bonds. The quantitative estimate of drug-likeness (QED) is 0.793. The Labute approximate surface area is 111 Å². The highest BCUT2D eigenvalue weighted by molar-refractivity contribution is 6.17. The van der Waals surface area contributed by atoms with Gasteiger partial charge in [-0.2, -0.15) is 0 Å². The third kappa shape index (κ3) is 2.93. The van der Waals surface area contributed by atoms with E-state index in [1.807, 2.05) is 24.3 Å². The molecule has 4 heteroatoms. The number of rotatable bonds is 4. The first-order valence-corrected chi connectivity index (χ1v) is 6.17. The van der Waals surface area contributed by atoms with E-state index in [1.54, 1.807) is 30.3 Å². The fourth-order valence-electron chi connectivity index (χ4n) is 1.66. The average Bonchev–Trinajstić information content (AvgIpc) is 2.91. The van der Waals surface area contributed by atoms with Crippen LogP contribution in [0.2, 0.25) is 0 Å². The Kier molecular flexibility index (Phi) is 4.05. The van der Waals surface area contributed by atoms with Gasteiger partial charge in [-0.15, -0.1) is 11.6 Å². The van der Waals surface area contributed by atoms with E-state index in [2.05, 4.69) is 0 Å². The summed E-state index contributed by atoms with van der Waals surface area (Å²) in [4.78, 5) is 13.7. The lowest BCUT2D eigenvalue weighted by Gasteiger charge is -2.15. The monoisotopic (exact) mass is 263 g/mol. The molecule has 2 rings (SSSR count). The van der Waals surface area contributed by atoms with Crippen LogP contribution < -0.4 is 0 Å². The van der Waals surface area contributed by atoms with Gasteiger partial charge in [-0.25, -0.2) is 0 Å². The van der Waals surface area contributed by atoms with Gasteiger partial charge < -0.3 is 9.32 Å². The number of carbonyl (C=O) groups is 1. The van der Waals surface area contributed by atoms with Gasteiger partial charge in [0.25, 0.3) is 5.91 Å². The van der Waals surface area contributed by atoms with E-state index in [1.165, 1.54) is 0 Å². The topological polar surface area (TPSA) is 33.5 Å². The normalized spacial score (nSPS) is 10.3. The molecule has 0 saturated carbocycles. The van der Waals surface area contributed by atoms with Crippen LogP contribution in [-0.4, -0.2) is 17.9 Å². The van der Waals surface area contributed by atoms with E-state index < -0.39 is 0 Å².